The molecule has 1 amide bonds. The summed E-state index contributed by atoms with van der Waals surface area (Å²) in [5.74, 6) is 0.436. The molecule has 0 heterocycles. The molecular weight excluding hydrogens is 400 g/mol. The fraction of sp³-hybridized carbons (Fsp3) is 0.133. The van der Waals surface area contributed by atoms with Crippen molar-refractivity contribution in [2.24, 2.45) is 0 Å². The molecule has 0 saturated carbocycles. The number of carbonyl (C=O) groups is 1. The predicted octanol–water partition coefficient (Wildman–Crippen LogP) is 4.36. The molecule has 6 heteroatoms. The van der Waals surface area contributed by atoms with E-state index in [1.165, 1.54) is 0 Å². The Morgan fingerprint density at radius 3 is 2.48 bits per heavy atom. The minimum Gasteiger partial charge on any atom is -0.497 e. The third kappa shape index (κ3) is 3.77. The summed E-state index contributed by atoms with van der Waals surface area (Å²) in [6, 6.07) is 8.89. The molecule has 0 aliphatic heterocycles. The number of halogens is 2. The zero-order chi connectivity index (χ0) is 15.6. The molecule has 0 fully saturated rings. The van der Waals surface area contributed by atoms with Gasteiger partial charge in [0.1, 0.15) is 5.75 Å². The number of methoxy groups -OCH3 is 1. The normalized spacial score (nSPS) is 10.3. The molecule has 3 N–H and O–H groups in total. The second-order valence-corrected chi connectivity index (χ2v) is 6.33. The van der Waals surface area contributed by atoms with E-state index in [1.807, 2.05) is 13.0 Å². The van der Waals surface area contributed by atoms with Crippen LogP contribution in [0.15, 0.2) is 39.3 Å². The van der Waals surface area contributed by atoms with Gasteiger partial charge in [0.05, 0.1) is 7.11 Å². The number of amides is 1. The Kier molecular flexibility index (Phi) is 4.90. The molecule has 4 nitrogen and oxygen atoms in total. The van der Waals surface area contributed by atoms with E-state index in [9.17, 15) is 4.79 Å². The molecule has 0 aliphatic carbocycles. The fourth-order valence-electron chi connectivity index (χ4n) is 1.89. The van der Waals surface area contributed by atoms with Crippen molar-refractivity contribution in [2.75, 3.05) is 18.2 Å². The van der Waals surface area contributed by atoms with Crippen LogP contribution in [-0.4, -0.2) is 13.0 Å². The van der Waals surface area contributed by atoms with Crippen molar-refractivity contribution in [3.8, 4) is 5.75 Å². The number of ether oxygens (including phenoxy) is 1. The largest absolute Gasteiger partial charge is 0.497 e. The Morgan fingerprint density at radius 2 is 1.81 bits per heavy atom. The third-order valence-electron chi connectivity index (χ3n) is 3.02. The molecule has 0 spiro atoms. The van der Waals surface area contributed by atoms with Gasteiger partial charge in [-0.25, -0.2) is 0 Å². The van der Waals surface area contributed by atoms with Crippen LogP contribution >= 0.6 is 31.9 Å². The molecule has 2 rings (SSSR count). The summed E-state index contributed by atoms with van der Waals surface area (Å²) in [5.41, 5.74) is 8.37. The molecule has 0 aromatic heterocycles. The van der Waals surface area contributed by atoms with Gasteiger partial charge >= 0.3 is 0 Å². The molecular formula is C15H14Br2N2O2. The highest BCUT2D eigenvalue weighted by Gasteiger charge is 2.13. The van der Waals surface area contributed by atoms with Gasteiger partial charge in [0, 0.05) is 32.0 Å². The number of hydrogen-bond donors (Lipinski definition) is 2. The highest BCUT2D eigenvalue weighted by atomic mass is 79.9. The lowest BCUT2D eigenvalue weighted by Crippen LogP contribution is -2.14. The number of anilines is 2. The van der Waals surface area contributed by atoms with Crippen LogP contribution in [0, 0.1) is 6.92 Å². The number of nitrogens with one attached hydrogen (secondary N) is 1. The van der Waals surface area contributed by atoms with Crippen LogP contribution in [0.4, 0.5) is 11.4 Å². The van der Waals surface area contributed by atoms with Crippen molar-refractivity contribution >= 4 is 49.1 Å². The molecule has 2 aromatic rings. The maximum absolute atomic E-state index is 12.4. The van der Waals surface area contributed by atoms with E-state index in [4.69, 9.17) is 10.5 Å². The molecule has 0 aliphatic rings. The van der Waals surface area contributed by atoms with Gasteiger partial charge in [0.2, 0.25) is 0 Å². The second-order valence-electron chi connectivity index (χ2n) is 4.50. The van der Waals surface area contributed by atoms with Gasteiger partial charge in [-0.15, -0.1) is 0 Å². The molecule has 21 heavy (non-hydrogen) atoms. The lowest BCUT2D eigenvalue weighted by atomic mass is 10.1. The smallest absolute Gasteiger partial charge is 0.256 e. The summed E-state index contributed by atoms with van der Waals surface area (Å²) < 4.78 is 6.76. The minimum absolute atomic E-state index is 0.222. The number of hydrogen-bond acceptors (Lipinski definition) is 3. The molecule has 0 radical (unpaired) electrons. The number of nitrogens with two attached hydrogens (primary N) is 1. The predicted molar refractivity (Wildman–Crippen MR) is 91.9 cm³/mol. The Morgan fingerprint density at radius 1 is 1.14 bits per heavy atom. The van der Waals surface area contributed by atoms with Crippen LogP contribution in [-0.2, 0) is 0 Å². The topological polar surface area (TPSA) is 64.3 Å². The lowest BCUT2D eigenvalue weighted by Gasteiger charge is -2.11. The minimum atomic E-state index is -0.222. The van der Waals surface area contributed by atoms with E-state index in [0.717, 1.165) is 14.5 Å². The first-order valence-corrected chi connectivity index (χ1v) is 7.71. The van der Waals surface area contributed by atoms with Crippen molar-refractivity contribution in [1.29, 1.82) is 0 Å². The second kappa shape index (κ2) is 6.49. The van der Waals surface area contributed by atoms with Crippen LogP contribution in [0.5, 0.6) is 5.75 Å². The van der Waals surface area contributed by atoms with Gasteiger partial charge in [0.15, 0.2) is 0 Å². The van der Waals surface area contributed by atoms with E-state index in [-0.39, 0.29) is 5.91 Å². The van der Waals surface area contributed by atoms with E-state index < -0.39 is 0 Å². The molecule has 0 atom stereocenters. The van der Waals surface area contributed by atoms with Gasteiger partial charge < -0.3 is 15.8 Å². The van der Waals surface area contributed by atoms with Crippen LogP contribution in [0.3, 0.4) is 0 Å². The van der Waals surface area contributed by atoms with E-state index >= 15 is 0 Å². The summed E-state index contributed by atoms with van der Waals surface area (Å²) in [4.78, 5) is 12.4. The van der Waals surface area contributed by atoms with Crippen LogP contribution in [0.25, 0.3) is 0 Å². The first kappa shape index (κ1) is 15.9. The van der Waals surface area contributed by atoms with Crippen molar-refractivity contribution < 1.29 is 9.53 Å². The Labute approximate surface area is 139 Å². The number of benzene rings is 2. The molecule has 110 valence electrons. The Hall–Kier alpha value is -1.53. The quantitative estimate of drug-likeness (QED) is 0.734. The van der Waals surface area contributed by atoms with Crippen molar-refractivity contribution in [3.05, 3.63) is 50.4 Å². The van der Waals surface area contributed by atoms with Gasteiger partial charge in [0.25, 0.3) is 5.91 Å². The van der Waals surface area contributed by atoms with Gasteiger partial charge in [-0.2, -0.15) is 0 Å². The number of carbonyl (C=O) groups excluding carboxylic acids is 1. The number of nitrogen functional groups attached to an aromatic ring is 1. The van der Waals surface area contributed by atoms with Crippen LogP contribution < -0.4 is 15.8 Å². The average molecular weight is 414 g/mol. The lowest BCUT2D eigenvalue weighted by molar-refractivity contribution is 0.102. The zero-order valence-corrected chi connectivity index (χ0v) is 14.7. The highest BCUT2D eigenvalue weighted by molar-refractivity contribution is 9.10. The molecule has 2 aromatic carbocycles. The average Bonchev–Trinajstić information content (AvgIpc) is 2.41. The molecule has 0 unspecified atom stereocenters. The SMILES string of the molecule is COc1cc(Br)cc(NC(=O)c2cc(Br)cc(N)c2C)c1. The third-order valence-corrected chi connectivity index (χ3v) is 3.94. The van der Waals surface area contributed by atoms with Crippen molar-refractivity contribution in [3.63, 3.8) is 0 Å². The summed E-state index contributed by atoms with van der Waals surface area (Å²) >= 11 is 6.73. The highest BCUT2D eigenvalue weighted by Crippen LogP contribution is 2.27. The first-order valence-electron chi connectivity index (χ1n) is 6.12. The van der Waals surface area contributed by atoms with E-state index in [0.29, 0.717) is 22.7 Å². The van der Waals surface area contributed by atoms with E-state index in [1.54, 1.807) is 31.4 Å². The Bertz CT molecular complexity index is 702. The first-order chi connectivity index (χ1) is 9.90. The maximum Gasteiger partial charge on any atom is 0.256 e. The monoisotopic (exact) mass is 412 g/mol. The standard InChI is InChI=1S/C15H14Br2N2O2/c1-8-13(5-10(17)6-14(8)18)15(20)19-11-3-9(16)4-12(7-11)21-2/h3-7H,18H2,1-2H3,(H,19,20). The van der Waals surface area contributed by atoms with Gasteiger partial charge in [-0.3, -0.25) is 4.79 Å². The summed E-state index contributed by atoms with van der Waals surface area (Å²) in [5, 5.41) is 2.84. The summed E-state index contributed by atoms with van der Waals surface area (Å²) in [6.07, 6.45) is 0. The van der Waals surface area contributed by atoms with Crippen LogP contribution in [0.1, 0.15) is 15.9 Å². The summed E-state index contributed by atoms with van der Waals surface area (Å²) in [7, 11) is 1.58. The van der Waals surface area contributed by atoms with Crippen LogP contribution in [0.2, 0.25) is 0 Å². The fourth-order valence-corrected chi connectivity index (χ4v) is 2.83. The number of rotatable bonds is 3. The van der Waals surface area contributed by atoms with E-state index in [2.05, 4.69) is 37.2 Å². The Balaban J connectivity index is 2.32. The maximum atomic E-state index is 12.4. The van der Waals surface area contributed by atoms with Gasteiger partial charge in [-0.1, -0.05) is 31.9 Å². The molecule has 0 bridgehead atoms. The summed E-state index contributed by atoms with van der Waals surface area (Å²) in [6.45, 7) is 1.82. The zero-order valence-electron chi connectivity index (χ0n) is 11.5. The van der Waals surface area contributed by atoms with Crippen molar-refractivity contribution in [1.82, 2.24) is 0 Å². The van der Waals surface area contributed by atoms with Gasteiger partial charge in [-0.05, 0) is 36.8 Å². The van der Waals surface area contributed by atoms with Crippen molar-refractivity contribution in [2.45, 2.75) is 6.92 Å². The molecule has 0 saturated heterocycles.